The van der Waals surface area contributed by atoms with E-state index in [4.69, 9.17) is 0 Å². The molecule has 0 saturated carbocycles. The van der Waals surface area contributed by atoms with Gasteiger partial charge in [-0.3, -0.25) is 4.79 Å². The average molecular weight is 282 g/mol. The van der Waals surface area contributed by atoms with Gasteiger partial charge >= 0.3 is 0 Å². The van der Waals surface area contributed by atoms with Crippen molar-refractivity contribution in [3.63, 3.8) is 0 Å². The number of rotatable bonds is 3. The van der Waals surface area contributed by atoms with E-state index in [1.54, 1.807) is 6.07 Å². The highest BCUT2D eigenvalue weighted by Gasteiger charge is 2.22. The number of hydrogen-bond acceptors (Lipinski definition) is 2. The maximum atomic E-state index is 11.5. The van der Waals surface area contributed by atoms with Crippen LogP contribution in [0.25, 0.3) is 0 Å². The molecule has 110 valence electrons. The highest BCUT2D eigenvalue weighted by molar-refractivity contribution is 5.30. The quantitative estimate of drug-likeness (QED) is 0.906. The Balaban J connectivity index is 1.84. The number of nitrogens with one attached hydrogen (secondary N) is 2. The first-order valence-electron chi connectivity index (χ1n) is 7.69. The van der Waals surface area contributed by atoms with Crippen molar-refractivity contribution in [3.05, 3.63) is 69.1 Å². The smallest absolute Gasteiger partial charge is 0.248 e. The first-order valence-corrected chi connectivity index (χ1v) is 7.69. The molecule has 1 aromatic heterocycles. The lowest BCUT2D eigenvalue weighted by molar-refractivity contribution is 0.411. The number of aryl methyl sites for hydroxylation is 2. The summed E-state index contributed by atoms with van der Waals surface area (Å²) in [4.78, 5) is 14.4. The Kier molecular flexibility index (Phi) is 3.93. The summed E-state index contributed by atoms with van der Waals surface area (Å²) < 4.78 is 0. The molecular weight excluding hydrogens is 260 g/mol. The fourth-order valence-electron chi connectivity index (χ4n) is 3.34. The van der Waals surface area contributed by atoms with Gasteiger partial charge in [-0.2, -0.15) is 0 Å². The van der Waals surface area contributed by atoms with E-state index in [9.17, 15) is 4.79 Å². The molecule has 3 heteroatoms. The van der Waals surface area contributed by atoms with E-state index >= 15 is 0 Å². The summed E-state index contributed by atoms with van der Waals surface area (Å²) in [6, 6.07) is 12.7. The van der Waals surface area contributed by atoms with E-state index < -0.39 is 0 Å². The summed E-state index contributed by atoms with van der Waals surface area (Å²) in [6.07, 6.45) is 3.21. The second-order valence-corrected chi connectivity index (χ2v) is 5.95. The predicted octanol–water partition coefficient (Wildman–Crippen LogP) is 3.41. The Bertz CT molecular complexity index is 690. The van der Waals surface area contributed by atoms with Crippen LogP contribution >= 0.6 is 0 Å². The minimum absolute atomic E-state index is 0.00125. The Morgan fingerprint density at radius 3 is 2.86 bits per heavy atom. The van der Waals surface area contributed by atoms with Crippen LogP contribution in [0, 0.1) is 6.92 Å². The molecule has 2 atom stereocenters. The van der Waals surface area contributed by atoms with Gasteiger partial charge in [-0.1, -0.05) is 30.3 Å². The van der Waals surface area contributed by atoms with Crippen LogP contribution in [0.1, 0.15) is 54.2 Å². The van der Waals surface area contributed by atoms with Gasteiger partial charge in [0, 0.05) is 23.8 Å². The number of pyridine rings is 1. The van der Waals surface area contributed by atoms with Crippen molar-refractivity contribution < 1.29 is 0 Å². The van der Waals surface area contributed by atoms with E-state index in [1.165, 1.54) is 16.7 Å². The highest BCUT2D eigenvalue weighted by atomic mass is 16.1. The molecule has 0 fully saturated rings. The molecule has 0 radical (unpaired) electrons. The van der Waals surface area contributed by atoms with Crippen molar-refractivity contribution in [1.29, 1.82) is 0 Å². The molecule has 2 aromatic rings. The van der Waals surface area contributed by atoms with Crippen LogP contribution in [0.4, 0.5) is 0 Å². The second-order valence-electron chi connectivity index (χ2n) is 5.95. The molecule has 1 heterocycles. The summed E-state index contributed by atoms with van der Waals surface area (Å²) in [5, 5.41) is 3.73. The molecule has 1 aliphatic carbocycles. The fourth-order valence-corrected chi connectivity index (χ4v) is 3.34. The standard InChI is InChI=1S/C18H22N2O/c1-12-6-3-4-7-14(12)13(2)19-16-8-5-9-17-15(16)10-11-18(21)20-17/h3-4,6-7,10-11,13,16,19H,5,8-9H2,1-2H3,(H,20,21). The van der Waals surface area contributed by atoms with Crippen LogP contribution in [-0.4, -0.2) is 4.98 Å². The lowest BCUT2D eigenvalue weighted by Gasteiger charge is -2.29. The fraction of sp³-hybridized carbons (Fsp3) is 0.389. The number of aromatic nitrogens is 1. The Morgan fingerprint density at radius 2 is 2.05 bits per heavy atom. The van der Waals surface area contributed by atoms with Gasteiger partial charge in [-0.15, -0.1) is 0 Å². The van der Waals surface area contributed by atoms with Gasteiger partial charge in [0.1, 0.15) is 0 Å². The molecule has 3 nitrogen and oxygen atoms in total. The van der Waals surface area contributed by atoms with E-state index in [1.807, 2.05) is 6.07 Å². The second kappa shape index (κ2) is 5.86. The topological polar surface area (TPSA) is 44.9 Å². The molecule has 21 heavy (non-hydrogen) atoms. The van der Waals surface area contributed by atoms with Crippen LogP contribution in [0.2, 0.25) is 0 Å². The van der Waals surface area contributed by atoms with Crippen molar-refractivity contribution in [2.24, 2.45) is 0 Å². The summed E-state index contributed by atoms with van der Waals surface area (Å²) >= 11 is 0. The highest BCUT2D eigenvalue weighted by Crippen LogP contribution is 2.30. The van der Waals surface area contributed by atoms with Gasteiger partial charge in [0.15, 0.2) is 0 Å². The monoisotopic (exact) mass is 282 g/mol. The zero-order valence-electron chi connectivity index (χ0n) is 12.6. The summed E-state index contributed by atoms with van der Waals surface area (Å²) in [6.45, 7) is 4.36. The molecule has 0 spiro atoms. The molecule has 2 unspecified atom stereocenters. The van der Waals surface area contributed by atoms with E-state index in [-0.39, 0.29) is 5.56 Å². The molecule has 0 aliphatic heterocycles. The third kappa shape index (κ3) is 2.93. The number of aromatic amines is 1. The average Bonchev–Trinajstić information content (AvgIpc) is 2.47. The number of H-pyrrole nitrogens is 1. The van der Waals surface area contributed by atoms with Gasteiger partial charge in [0.05, 0.1) is 0 Å². The van der Waals surface area contributed by atoms with Gasteiger partial charge in [0.25, 0.3) is 0 Å². The third-order valence-corrected chi connectivity index (χ3v) is 4.44. The number of benzene rings is 1. The molecule has 0 bridgehead atoms. The SMILES string of the molecule is Cc1ccccc1C(C)NC1CCCc2[nH]c(=O)ccc21. The molecule has 1 aliphatic rings. The van der Waals surface area contributed by atoms with Crippen LogP contribution < -0.4 is 10.9 Å². The van der Waals surface area contributed by atoms with Gasteiger partial charge in [-0.05, 0) is 49.8 Å². The molecule has 1 aromatic carbocycles. The van der Waals surface area contributed by atoms with Crippen molar-refractivity contribution in [1.82, 2.24) is 10.3 Å². The predicted molar refractivity (Wildman–Crippen MR) is 85.5 cm³/mol. The number of fused-ring (bicyclic) bond motifs is 1. The Morgan fingerprint density at radius 1 is 1.24 bits per heavy atom. The van der Waals surface area contributed by atoms with Gasteiger partial charge < -0.3 is 10.3 Å². The van der Waals surface area contributed by atoms with Gasteiger partial charge in [0.2, 0.25) is 5.56 Å². The summed E-state index contributed by atoms with van der Waals surface area (Å²) in [7, 11) is 0. The van der Waals surface area contributed by atoms with Crippen molar-refractivity contribution in [2.75, 3.05) is 0 Å². The van der Waals surface area contributed by atoms with E-state index in [0.717, 1.165) is 25.0 Å². The van der Waals surface area contributed by atoms with Crippen molar-refractivity contribution in [3.8, 4) is 0 Å². The van der Waals surface area contributed by atoms with Crippen LogP contribution in [0.3, 0.4) is 0 Å². The summed E-state index contributed by atoms with van der Waals surface area (Å²) in [5.41, 5.74) is 5.01. The molecule has 0 amide bonds. The van der Waals surface area contributed by atoms with Crippen LogP contribution in [0.5, 0.6) is 0 Å². The molecule has 2 N–H and O–H groups in total. The Labute approximate surface area is 125 Å². The van der Waals surface area contributed by atoms with Gasteiger partial charge in [-0.25, -0.2) is 0 Å². The van der Waals surface area contributed by atoms with Crippen LogP contribution in [-0.2, 0) is 6.42 Å². The first kappa shape index (κ1) is 14.1. The molecular formula is C18H22N2O. The zero-order valence-corrected chi connectivity index (χ0v) is 12.6. The Hall–Kier alpha value is -1.87. The normalized spacial score (nSPS) is 19.0. The molecule has 3 rings (SSSR count). The van der Waals surface area contributed by atoms with Crippen LogP contribution in [0.15, 0.2) is 41.2 Å². The molecule has 0 saturated heterocycles. The summed E-state index contributed by atoms with van der Waals surface area (Å²) in [5.74, 6) is 0. The van der Waals surface area contributed by atoms with Crippen molar-refractivity contribution in [2.45, 2.75) is 45.2 Å². The minimum Gasteiger partial charge on any atom is -0.326 e. The lowest BCUT2D eigenvalue weighted by Crippen LogP contribution is -2.29. The van der Waals surface area contributed by atoms with Crippen molar-refractivity contribution >= 4 is 0 Å². The third-order valence-electron chi connectivity index (χ3n) is 4.44. The maximum absolute atomic E-state index is 11.5. The first-order chi connectivity index (χ1) is 10.1. The largest absolute Gasteiger partial charge is 0.326 e. The lowest BCUT2D eigenvalue weighted by atomic mass is 9.90. The van der Waals surface area contributed by atoms with E-state index in [0.29, 0.717) is 12.1 Å². The zero-order chi connectivity index (χ0) is 14.8. The minimum atomic E-state index is 0.00125. The number of hydrogen-bond donors (Lipinski definition) is 2. The van der Waals surface area contributed by atoms with E-state index in [2.05, 4.69) is 48.4 Å². The maximum Gasteiger partial charge on any atom is 0.248 e.